The maximum absolute atomic E-state index is 13.1. The van der Waals surface area contributed by atoms with Gasteiger partial charge < -0.3 is 4.57 Å². The lowest BCUT2D eigenvalue weighted by Crippen LogP contribution is -2.37. The number of aliphatic imine (C=N–C) groups is 1. The second-order valence-electron chi connectivity index (χ2n) is 8.74. The summed E-state index contributed by atoms with van der Waals surface area (Å²) in [6.07, 6.45) is 5.66. The van der Waals surface area contributed by atoms with Gasteiger partial charge in [-0.2, -0.15) is 0 Å². The van der Waals surface area contributed by atoms with Crippen molar-refractivity contribution in [2.45, 2.75) is 37.9 Å². The highest BCUT2D eigenvalue weighted by Gasteiger charge is 2.36. The largest absolute Gasteiger partial charge is 0.332 e. The number of benzene rings is 1. The average molecular weight is 484 g/mol. The Bertz CT molecular complexity index is 1430. The van der Waals surface area contributed by atoms with Gasteiger partial charge in [-0.25, -0.2) is 9.78 Å². The molecule has 0 radical (unpaired) electrons. The molecule has 2 aliphatic rings. The molecule has 2 atom stereocenters. The van der Waals surface area contributed by atoms with Gasteiger partial charge in [0.2, 0.25) is 0 Å². The van der Waals surface area contributed by atoms with E-state index in [1.54, 1.807) is 18.8 Å². The van der Waals surface area contributed by atoms with E-state index in [0.29, 0.717) is 45.5 Å². The van der Waals surface area contributed by atoms with Crippen LogP contribution in [0.1, 0.15) is 31.7 Å². The van der Waals surface area contributed by atoms with Crippen molar-refractivity contribution in [3.8, 4) is 0 Å². The number of hydrogen-bond donors (Lipinski definition) is 0. The van der Waals surface area contributed by atoms with Gasteiger partial charge in [0.1, 0.15) is 0 Å². The number of aryl methyl sites for hydroxylation is 1. The number of aromatic nitrogens is 4. The lowest BCUT2D eigenvalue weighted by molar-refractivity contribution is 0.301. The predicted octanol–water partition coefficient (Wildman–Crippen LogP) is 4.00. The third-order valence-electron chi connectivity index (χ3n) is 6.70. The smallest absolute Gasteiger partial charge is 0.309 e. The first-order chi connectivity index (χ1) is 15.9. The monoisotopic (exact) mass is 483 g/mol. The van der Waals surface area contributed by atoms with Crippen molar-refractivity contribution in [3.63, 3.8) is 0 Å². The van der Waals surface area contributed by atoms with E-state index in [9.17, 15) is 9.59 Å². The van der Waals surface area contributed by atoms with E-state index in [4.69, 9.17) is 21.6 Å². The van der Waals surface area contributed by atoms with Gasteiger partial charge in [0.15, 0.2) is 16.3 Å². The first-order valence-corrected chi connectivity index (χ1v) is 12.5. The minimum Gasteiger partial charge on any atom is -0.309 e. The van der Waals surface area contributed by atoms with Gasteiger partial charge >= 0.3 is 5.69 Å². The molecule has 0 spiro atoms. The summed E-state index contributed by atoms with van der Waals surface area (Å²) in [6, 6.07) is 7.58. The van der Waals surface area contributed by atoms with Crippen molar-refractivity contribution in [1.82, 2.24) is 18.7 Å². The second-order valence-corrected chi connectivity index (χ2v) is 10.1. The minimum atomic E-state index is -0.386. The summed E-state index contributed by atoms with van der Waals surface area (Å²) in [7, 11) is 3.15. The molecule has 7 nitrogen and oxygen atoms in total. The van der Waals surface area contributed by atoms with E-state index < -0.39 is 0 Å². The zero-order chi connectivity index (χ0) is 23.3. The van der Waals surface area contributed by atoms with Crippen molar-refractivity contribution in [3.05, 3.63) is 67.5 Å². The fourth-order valence-corrected chi connectivity index (χ4v) is 5.90. The molecule has 1 aliphatic heterocycles. The Morgan fingerprint density at radius 2 is 2.00 bits per heavy atom. The molecule has 1 aliphatic carbocycles. The number of rotatable bonds is 6. The highest BCUT2D eigenvalue weighted by molar-refractivity contribution is 7.99. The van der Waals surface area contributed by atoms with Crippen molar-refractivity contribution >= 4 is 40.2 Å². The molecule has 0 N–H and O–H groups in total. The van der Waals surface area contributed by atoms with E-state index in [1.165, 1.54) is 30.2 Å². The summed E-state index contributed by atoms with van der Waals surface area (Å²) in [4.78, 5) is 35.3. The molecule has 1 aromatic carbocycles. The number of thioether (sulfide) groups is 1. The van der Waals surface area contributed by atoms with Crippen LogP contribution >= 0.6 is 23.4 Å². The molecule has 2 aromatic heterocycles. The Balaban J connectivity index is 1.57. The summed E-state index contributed by atoms with van der Waals surface area (Å²) >= 11 is 7.79. The van der Waals surface area contributed by atoms with Crippen LogP contribution in [0.3, 0.4) is 0 Å². The molecule has 172 valence electrons. The van der Waals surface area contributed by atoms with Crippen LogP contribution in [0.25, 0.3) is 11.2 Å². The summed E-state index contributed by atoms with van der Waals surface area (Å²) in [6.45, 7) is 2.57. The third-order valence-corrected chi connectivity index (χ3v) is 7.95. The number of nitrogens with zero attached hydrogens (tertiary/aromatic N) is 5. The van der Waals surface area contributed by atoms with Crippen molar-refractivity contribution in [2.75, 3.05) is 5.75 Å². The Morgan fingerprint density at radius 1 is 1.18 bits per heavy atom. The minimum absolute atomic E-state index is 0.347. The molecular weight excluding hydrogens is 458 g/mol. The van der Waals surface area contributed by atoms with Crippen LogP contribution in [0.15, 0.2) is 55.8 Å². The number of halogens is 1. The van der Waals surface area contributed by atoms with Crippen LogP contribution in [-0.2, 0) is 20.6 Å². The molecule has 3 aromatic rings. The molecule has 0 saturated heterocycles. The maximum Gasteiger partial charge on any atom is 0.332 e. The number of hydrogen-bond acceptors (Lipinski definition) is 5. The SMILES string of the molecule is CCC1=CC2CCC2C(CSc2nc3c(c(=O)n(C)c(=O)n3C)n2Cc2cccc(Cl)c2)=N1. The molecule has 1 fully saturated rings. The predicted molar refractivity (Wildman–Crippen MR) is 134 cm³/mol. The molecule has 3 heterocycles. The lowest BCUT2D eigenvalue weighted by Gasteiger charge is -2.38. The highest BCUT2D eigenvalue weighted by atomic mass is 35.5. The van der Waals surface area contributed by atoms with E-state index >= 15 is 0 Å². The van der Waals surface area contributed by atoms with Crippen LogP contribution in [0.4, 0.5) is 0 Å². The Kier molecular flexibility index (Phi) is 5.82. The zero-order valence-corrected chi connectivity index (χ0v) is 20.5. The number of imidazole rings is 1. The summed E-state index contributed by atoms with van der Waals surface area (Å²) in [5, 5.41) is 1.34. The van der Waals surface area contributed by atoms with Gasteiger partial charge in [0, 0.05) is 42.2 Å². The van der Waals surface area contributed by atoms with Crippen molar-refractivity contribution < 1.29 is 0 Å². The van der Waals surface area contributed by atoms with Crippen molar-refractivity contribution in [1.29, 1.82) is 0 Å². The van der Waals surface area contributed by atoms with Crippen LogP contribution < -0.4 is 11.2 Å². The van der Waals surface area contributed by atoms with Gasteiger partial charge in [-0.1, -0.05) is 48.5 Å². The summed E-state index contributed by atoms with van der Waals surface area (Å²) in [5.74, 6) is 1.83. The quantitative estimate of drug-likeness (QED) is 0.497. The molecule has 5 rings (SSSR count). The van der Waals surface area contributed by atoms with Gasteiger partial charge in [-0.3, -0.25) is 18.9 Å². The lowest BCUT2D eigenvalue weighted by atomic mass is 9.69. The fourth-order valence-electron chi connectivity index (χ4n) is 4.67. The normalized spacial score (nSPS) is 19.8. The van der Waals surface area contributed by atoms with Gasteiger partial charge in [-0.05, 0) is 42.9 Å². The fraction of sp³-hybridized carbons (Fsp3) is 0.417. The Labute approximate surface area is 200 Å². The average Bonchev–Trinajstić information content (AvgIpc) is 3.14. The molecule has 9 heteroatoms. The van der Waals surface area contributed by atoms with E-state index in [2.05, 4.69) is 13.0 Å². The Hall–Kier alpha value is -2.58. The first kappa shape index (κ1) is 22.2. The summed E-state index contributed by atoms with van der Waals surface area (Å²) < 4.78 is 4.48. The van der Waals surface area contributed by atoms with Crippen molar-refractivity contribution in [2.24, 2.45) is 30.9 Å². The molecule has 0 bridgehead atoms. The first-order valence-electron chi connectivity index (χ1n) is 11.2. The molecule has 0 amide bonds. The highest BCUT2D eigenvalue weighted by Crippen LogP contribution is 2.42. The van der Waals surface area contributed by atoms with Crippen LogP contribution in [0.2, 0.25) is 5.02 Å². The zero-order valence-electron chi connectivity index (χ0n) is 18.9. The molecule has 2 unspecified atom stereocenters. The van der Waals surface area contributed by atoms with Crippen LogP contribution in [-0.4, -0.2) is 30.1 Å². The van der Waals surface area contributed by atoms with E-state index in [0.717, 1.165) is 22.2 Å². The van der Waals surface area contributed by atoms with E-state index in [-0.39, 0.29) is 11.2 Å². The third kappa shape index (κ3) is 3.89. The van der Waals surface area contributed by atoms with Crippen LogP contribution in [0, 0.1) is 11.8 Å². The number of allylic oxidation sites excluding steroid dienone is 2. The van der Waals surface area contributed by atoms with Crippen LogP contribution in [0.5, 0.6) is 0 Å². The van der Waals surface area contributed by atoms with Gasteiger partial charge in [0.25, 0.3) is 5.56 Å². The van der Waals surface area contributed by atoms with E-state index in [1.807, 2.05) is 28.8 Å². The standard InChI is InChI=1S/C24H26ClN5O2S/c1-4-17-11-15-8-9-18(15)19(26-17)13-33-23-27-21-20(22(31)29(3)24(32)28(21)2)30(23)12-14-6-5-7-16(25)10-14/h5-7,10-11,15,18H,4,8-9,12-13H2,1-3H3. The molecule has 1 saturated carbocycles. The molecule has 33 heavy (non-hydrogen) atoms. The van der Waals surface area contributed by atoms with Gasteiger partial charge in [-0.15, -0.1) is 0 Å². The molecular formula is C24H26ClN5O2S. The van der Waals surface area contributed by atoms with Gasteiger partial charge in [0.05, 0.1) is 6.54 Å². The second kappa shape index (κ2) is 8.65. The maximum atomic E-state index is 13.1. The number of fused-ring (bicyclic) bond motifs is 2. The Morgan fingerprint density at radius 3 is 2.70 bits per heavy atom. The topological polar surface area (TPSA) is 74.2 Å². The summed E-state index contributed by atoms with van der Waals surface area (Å²) in [5.41, 5.74) is 3.42.